The molecule has 0 radical (unpaired) electrons. The van der Waals surface area contributed by atoms with E-state index in [1.807, 2.05) is 18.2 Å². The van der Waals surface area contributed by atoms with Crippen LogP contribution in [-0.2, 0) is 39.1 Å². The molecule has 8 nitrogen and oxygen atoms in total. The van der Waals surface area contributed by atoms with Crippen LogP contribution in [0.5, 0.6) is 0 Å². The number of amides is 1. The molecule has 0 bridgehead atoms. The minimum absolute atomic E-state index is 0.0704. The second-order valence-corrected chi connectivity index (χ2v) is 12.4. The van der Waals surface area contributed by atoms with Crippen LogP contribution in [0.2, 0.25) is 0 Å². The molecule has 5 rings (SSSR count). The Morgan fingerprint density at radius 1 is 1.11 bits per heavy atom. The van der Waals surface area contributed by atoms with Crippen LogP contribution < -0.4 is 5.32 Å². The van der Waals surface area contributed by atoms with E-state index < -0.39 is 33.8 Å². The average molecular weight is 558 g/mol. The number of carbonyl (C=O) groups is 2. The van der Waals surface area contributed by atoms with Gasteiger partial charge in [-0.2, -0.15) is 4.31 Å². The lowest BCUT2D eigenvalue weighted by molar-refractivity contribution is -0.119. The van der Waals surface area contributed by atoms with E-state index in [4.69, 9.17) is 4.74 Å². The number of nitrogens with zero attached hydrogens (tertiary/aromatic N) is 2. The Balaban J connectivity index is 1.37. The summed E-state index contributed by atoms with van der Waals surface area (Å²) in [6, 6.07) is 13.7. The van der Waals surface area contributed by atoms with Crippen molar-refractivity contribution in [3.8, 4) is 0 Å². The molecule has 0 saturated carbocycles. The number of fused-ring (bicyclic) bond motifs is 1. The van der Waals surface area contributed by atoms with Gasteiger partial charge in [-0.25, -0.2) is 17.6 Å². The van der Waals surface area contributed by atoms with Gasteiger partial charge in [-0.15, -0.1) is 11.3 Å². The van der Waals surface area contributed by atoms with Crippen LogP contribution in [0.1, 0.15) is 39.2 Å². The first-order valence-corrected chi connectivity index (χ1v) is 14.6. The van der Waals surface area contributed by atoms with E-state index in [2.05, 4.69) is 22.3 Å². The van der Waals surface area contributed by atoms with Gasteiger partial charge in [0.05, 0.1) is 17.6 Å². The van der Waals surface area contributed by atoms with Crippen molar-refractivity contribution < 1.29 is 27.1 Å². The predicted octanol–water partition coefficient (Wildman–Crippen LogP) is 4.02. The fourth-order valence-corrected chi connectivity index (χ4v) is 8.00. The van der Waals surface area contributed by atoms with Crippen LogP contribution in [0, 0.1) is 5.82 Å². The van der Waals surface area contributed by atoms with Gasteiger partial charge in [0, 0.05) is 31.1 Å². The number of anilines is 1. The molecule has 3 aromatic rings. The lowest BCUT2D eigenvalue weighted by Gasteiger charge is -2.27. The van der Waals surface area contributed by atoms with Gasteiger partial charge in [0.1, 0.15) is 16.9 Å². The molecule has 38 heavy (non-hydrogen) atoms. The van der Waals surface area contributed by atoms with Crippen molar-refractivity contribution in [2.24, 2.45) is 0 Å². The van der Waals surface area contributed by atoms with E-state index in [1.165, 1.54) is 36.1 Å². The van der Waals surface area contributed by atoms with Gasteiger partial charge < -0.3 is 10.1 Å². The van der Waals surface area contributed by atoms with Crippen molar-refractivity contribution in [1.29, 1.82) is 0 Å². The molecule has 2 aliphatic rings. The largest absolute Gasteiger partial charge is 0.465 e. The Bertz CT molecular complexity index is 1440. The number of nitrogens with one attached hydrogen (secondary N) is 1. The van der Waals surface area contributed by atoms with Gasteiger partial charge in [0.25, 0.3) is 0 Å². The van der Waals surface area contributed by atoms with Crippen molar-refractivity contribution in [2.45, 2.75) is 43.3 Å². The summed E-state index contributed by atoms with van der Waals surface area (Å²) < 4.78 is 46.0. The molecule has 3 heterocycles. The molecular weight excluding hydrogens is 529 g/mol. The van der Waals surface area contributed by atoms with Gasteiger partial charge in [0.15, 0.2) is 0 Å². The van der Waals surface area contributed by atoms with Crippen LogP contribution in [0.4, 0.5) is 9.39 Å². The number of sulfonamides is 1. The van der Waals surface area contributed by atoms with Crippen LogP contribution in [0.25, 0.3) is 0 Å². The van der Waals surface area contributed by atoms with E-state index >= 15 is 0 Å². The average Bonchev–Trinajstić information content (AvgIpc) is 3.54. The maximum atomic E-state index is 13.4. The number of carbonyl (C=O) groups excluding carboxylic acids is 2. The summed E-state index contributed by atoms with van der Waals surface area (Å²) in [4.78, 5) is 29.4. The monoisotopic (exact) mass is 557 g/mol. The van der Waals surface area contributed by atoms with Crippen molar-refractivity contribution in [1.82, 2.24) is 9.21 Å². The van der Waals surface area contributed by atoms with E-state index in [-0.39, 0.29) is 11.4 Å². The first kappa shape index (κ1) is 26.5. The molecular formula is C27H28FN3O5S2. The Labute approximate surface area is 225 Å². The van der Waals surface area contributed by atoms with Gasteiger partial charge in [-0.3, -0.25) is 9.69 Å². The standard InChI is InChI=1S/C27H28FN3O5S2/c1-36-27(33)24-21-13-15-30(16-18-6-3-2-4-7-18)17-23(21)37-26(24)29-25(32)22-8-5-14-31(22)38(34,35)20-11-9-19(28)10-12-20/h2-4,6-7,9-12,22H,5,8,13-17H2,1H3,(H,29,32). The summed E-state index contributed by atoms with van der Waals surface area (Å²) in [7, 11) is -2.70. The zero-order chi connectivity index (χ0) is 26.9. The second kappa shape index (κ2) is 10.9. The number of ether oxygens (including phenoxy) is 1. The number of hydrogen-bond acceptors (Lipinski definition) is 7. The lowest BCUT2D eigenvalue weighted by Crippen LogP contribution is -2.43. The minimum Gasteiger partial charge on any atom is -0.465 e. The molecule has 1 unspecified atom stereocenters. The number of thiophene rings is 1. The van der Waals surface area contributed by atoms with E-state index in [0.717, 1.165) is 40.0 Å². The van der Waals surface area contributed by atoms with Gasteiger partial charge in [-0.05, 0) is 54.7 Å². The zero-order valence-corrected chi connectivity index (χ0v) is 22.5. The molecule has 2 aliphatic heterocycles. The third kappa shape index (κ3) is 5.24. The summed E-state index contributed by atoms with van der Waals surface area (Å²) in [6.07, 6.45) is 1.49. The second-order valence-electron chi connectivity index (χ2n) is 9.36. The highest BCUT2D eigenvalue weighted by Crippen LogP contribution is 2.38. The number of esters is 1. The maximum Gasteiger partial charge on any atom is 0.341 e. The number of hydrogen-bond donors (Lipinski definition) is 1. The number of methoxy groups -OCH3 is 1. The Morgan fingerprint density at radius 3 is 2.55 bits per heavy atom. The molecule has 11 heteroatoms. The van der Waals surface area contributed by atoms with Crippen LogP contribution in [0.3, 0.4) is 0 Å². The summed E-state index contributed by atoms with van der Waals surface area (Å²) in [5, 5.41) is 3.22. The van der Waals surface area contributed by atoms with Crippen molar-refractivity contribution in [3.05, 3.63) is 82.0 Å². The number of benzene rings is 2. The maximum absolute atomic E-state index is 13.4. The molecule has 1 amide bonds. The minimum atomic E-state index is -4.00. The summed E-state index contributed by atoms with van der Waals surface area (Å²) in [5.74, 6) is -1.58. The molecule has 0 aliphatic carbocycles. The third-order valence-corrected chi connectivity index (χ3v) is 9.99. The molecule has 1 N–H and O–H groups in total. The molecule has 1 saturated heterocycles. The quantitative estimate of drug-likeness (QED) is 0.441. The van der Waals surface area contributed by atoms with Gasteiger partial charge in [-0.1, -0.05) is 30.3 Å². The van der Waals surface area contributed by atoms with Crippen molar-refractivity contribution >= 4 is 38.2 Å². The highest BCUT2D eigenvalue weighted by molar-refractivity contribution is 7.89. The lowest BCUT2D eigenvalue weighted by atomic mass is 10.0. The van der Waals surface area contributed by atoms with Crippen LogP contribution in [0.15, 0.2) is 59.5 Å². The first-order chi connectivity index (χ1) is 18.3. The molecule has 1 fully saturated rings. The number of halogens is 1. The van der Waals surface area contributed by atoms with E-state index in [1.54, 1.807) is 0 Å². The molecule has 1 aromatic heterocycles. The predicted molar refractivity (Wildman–Crippen MR) is 142 cm³/mol. The summed E-state index contributed by atoms with van der Waals surface area (Å²) in [6.45, 7) is 2.33. The van der Waals surface area contributed by atoms with E-state index in [9.17, 15) is 22.4 Å². The fourth-order valence-electron chi connectivity index (χ4n) is 5.07. The molecule has 0 spiro atoms. The van der Waals surface area contributed by atoms with Gasteiger partial charge in [0.2, 0.25) is 15.9 Å². The fraction of sp³-hybridized carbons (Fsp3) is 0.333. The van der Waals surface area contributed by atoms with Crippen molar-refractivity contribution in [2.75, 3.05) is 25.5 Å². The van der Waals surface area contributed by atoms with Crippen LogP contribution >= 0.6 is 11.3 Å². The highest BCUT2D eigenvalue weighted by Gasteiger charge is 2.40. The summed E-state index contributed by atoms with van der Waals surface area (Å²) in [5.41, 5.74) is 2.40. The van der Waals surface area contributed by atoms with Crippen molar-refractivity contribution in [3.63, 3.8) is 0 Å². The Morgan fingerprint density at radius 2 is 1.84 bits per heavy atom. The van der Waals surface area contributed by atoms with Crippen LogP contribution in [-0.4, -0.2) is 55.7 Å². The SMILES string of the molecule is COC(=O)c1c(NC(=O)C2CCCN2S(=O)(=O)c2ccc(F)cc2)sc2c1CCN(Cc1ccccc1)C2. The molecule has 2 aromatic carbocycles. The summed E-state index contributed by atoms with van der Waals surface area (Å²) >= 11 is 1.33. The highest BCUT2D eigenvalue weighted by atomic mass is 32.2. The zero-order valence-electron chi connectivity index (χ0n) is 20.9. The van der Waals surface area contributed by atoms with E-state index in [0.29, 0.717) is 36.4 Å². The first-order valence-electron chi connectivity index (χ1n) is 12.4. The third-order valence-electron chi connectivity index (χ3n) is 6.94. The topological polar surface area (TPSA) is 96.0 Å². The van der Waals surface area contributed by atoms with Gasteiger partial charge >= 0.3 is 5.97 Å². The Kier molecular flexibility index (Phi) is 7.62. The smallest absolute Gasteiger partial charge is 0.341 e. The number of rotatable bonds is 7. The molecule has 200 valence electrons. The molecule has 1 atom stereocenters. The normalized spacial score (nSPS) is 18.2. The Hall–Kier alpha value is -3.12.